The number of methoxy groups -OCH3 is 1. The molecule has 0 saturated heterocycles. The fraction of sp³-hybridized carbons (Fsp3) is 0.455. The van der Waals surface area contributed by atoms with Gasteiger partial charge in [0.15, 0.2) is 5.13 Å². The van der Waals surface area contributed by atoms with Crippen molar-refractivity contribution in [3.8, 4) is 0 Å². The molecule has 0 aliphatic rings. The lowest BCUT2D eigenvalue weighted by Crippen LogP contribution is -2.27. The molecule has 1 heterocycles. The van der Waals surface area contributed by atoms with E-state index < -0.39 is 23.4 Å². The fourth-order valence-corrected chi connectivity index (χ4v) is 1.75. The van der Waals surface area contributed by atoms with E-state index in [9.17, 15) is 14.4 Å². The van der Waals surface area contributed by atoms with E-state index in [4.69, 9.17) is 4.74 Å². The third kappa shape index (κ3) is 4.66. The first-order chi connectivity index (χ1) is 8.73. The lowest BCUT2D eigenvalue weighted by atomic mass is 10.2. The Labute approximate surface area is 113 Å². The Morgan fingerprint density at radius 1 is 1.32 bits per heavy atom. The molecule has 7 nitrogen and oxygen atoms in total. The largest absolute Gasteiger partial charge is 0.463 e. The molecule has 0 aliphatic carbocycles. The van der Waals surface area contributed by atoms with Crippen LogP contribution in [0.3, 0.4) is 0 Å². The normalized spacial score (nSPS) is 10.7. The molecule has 0 radical (unpaired) electrons. The van der Waals surface area contributed by atoms with E-state index in [-0.39, 0.29) is 10.0 Å². The maximum Gasteiger partial charge on any atom is 0.413 e. The zero-order valence-corrected chi connectivity index (χ0v) is 11.8. The van der Waals surface area contributed by atoms with Gasteiger partial charge in [0.2, 0.25) is 0 Å². The number of ketones is 1. The van der Waals surface area contributed by atoms with Crippen molar-refractivity contribution in [3.63, 3.8) is 0 Å². The van der Waals surface area contributed by atoms with Gasteiger partial charge in [-0.05, 0) is 20.8 Å². The molecule has 1 aromatic rings. The van der Waals surface area contributed by atoms with Crippen molar-refractivity contribution >= 4 is 34.3 Å². The Morgan fingerprint density at radius 3 is 2.47 bits per heavy atom. The third-order valence-corrected chi connectivity index (χ3v) is 2.62. The van der Waals surface area contributed by atoms with Gasteiger partial charge in [0.05, 0.1) is 13.3 Å². The first-order valence-electron chi connectivity index (χ1n) is 5.31. The van der Waals surface area contributed by atoms with Crippen molar-refractivity contribution in [1.29, 1.82) is 0 Å². The highest BCUT2D eigenvalue weighted by Crippen LogP contribution is 2.20. The molecule has 0 aromatic carbocycles. The number of hydrogen-bond acceptors (Lipinski definition) is 7. The van der Waals surface area contributed by atoms with Crippen LogP contribution in [0.2, 0.25) is 0 Å². The molecule has 0 saturated carbocycles. The lowest BCUT2D eigenvalue weighted by Gasteiger charge is -2.18. The van der Waals surface area contributed by atoms with Crippen molar-refractivity contribution in [3.05, 3.63) is 11.1 Å². The Kier molecular flexibility index (Phi) is 4.60. The summed E-state index contributed by atoms with van der Waals surface area (Å²) in [6.07, 6.45) is 0.510. The Hall–Kier alpha value is -1.96. The van der Waals surface area contributed by atoms with Crippen LogP contribution >= 0.6 is 11.3 Å². The monoisotopic (exact) mass is 286 g/mol. The molecule has 19 heavy (non-hydrogen) atoms. The summed E-state index contributed by atoms with van der Waals surface area (Å²) in [6, 6.07) is 0. The summed E-state index contributed by atoms with van der Waals surface area (Å²) in [6.45, 7) is 5.17. The van der Waals surface area contributed by atoms with E-state index in [1.807, 2.05) is 0 Å². The quantitative estimate of drug-likeness (QED) is 0.517. The smallest absolute Gasteiger partial charge is 0.413 e. The molecule has 0 aliphatic heterocycles. The van der Waals surface area contributed by atoms with Crippen LogP contribution in [0.1, 0.15) is 30.4 Å². The highest BCUT2D eigenvalue weighted by atomic mass is 32.1. The molecule has 0 fully saturated rings. The van der Waals surface area contributed by atoms with Gasteiger partial charge < -0.3 is 9.47 Å². The molecule has 1 amide bonds. The third-order valence-electron chi connectivity index (χ3n) is 1.71. The van der Waals surface area contributed by atoms with Gasteiger partial charge in [-0.3, -0.25) is 10.1 Å². The summed E-state index contributed by atoms with van der Waals surface area (Å²) in [5, 5.41) is 2.54. The minimum atomic E-state index is -0.979. The molecular formula is C11H14N2O5S. The van der Waals surface area contributed by atoms with E-state index in [1.165, 1.54) is 6.20 Å². The number of thiazole rings is 1. The highest BCUT2D eigenvalue weighted by molar-refractivity contribution is 7.18. The summed E-state index contributed by atoms with van der Waals surface area (Å²) < 4.78 is 9.32. The average molecular weight is 286 g/mol. The second-order valence-electron chi connectivity index (χ2n) is 4.48. The van der Waals surface area contributed by atoms with E-state index in [0.717, 1.165) is 18.4 Å². The van der Waals surface area contributed by atoms with Crippen molar-refractivity contribution in [2.45, 2.75) is 26.4 Å². The highest BCUT2D eigenvalue weighted by Gasteiger charge is 2.21. The molecule has 1 rings (SSSR count). The minimum Gasteiger partial charge on any atom is -0.463 e. The van der Waals surface area contributed by atoms with Crippen LogP contribution in [0, 0.1) is 0 Å². The van der Waals surface area contributed by atoms with Crippen LogP contribution in [0.4, 0.5) is 9.93 Å². The number of rotatable bonds is 3. The number of nitrogens with one attached hydrogen (secondary N) is 1. The van der Waals surface area contributed by atoms with Gasteiger partial charge in [-0.25, -0.2) is 14.6 Å². The first-order valence-corrected chi connectivity index (χ1v) is 6.13. The Bertz CT molecular complexity index is 503. The second kappa shape index (κ2) is 5.79. The standard InChI is InChI=1S/C11H14N2O5S/c1-11(2,3)18-10(16)13-9-12-5-6(19-9)7(14)8(15)17-4/h5H,1-4H3,(H,12,13,16). The minimum absolute atomic E-state index is 0.0814. The fourth-order valence-electron chi connectivity index (χ4n) is 1.02. The summed E-state index contributed by atoms with van der Waals surface area (Å²) in [7, 11) is 1.11. The predicted octanol–water partition coefficient (Wildman–Crippen LogP) is 1.85. The van der Waals surface area contributed by atoms with Crippen LogP contribution in [-0.4, -0.2) is 35.5 Å². The Balaban J connectivity index is 2.68. The van der Waals surface area contributed by atoms with E-state index in [1.54, 1.807) is 20.8 Å². The summed E-state index contributed by atoms with van der Waals surface area (Å²) >= 11 is 0.866. The number of aromatic nitrogens is 1. The first kappa shape index (κ1) is 15.1. The van der Waals surface area contributed by atoms with Crippen LogP contribution < -0.4 is 5.32 Å². The number of amides is 1. The molecule has 8 heteroatoms. The van der Waals surface area contributed by atoms with Crippen LogP contribution in [0.25, 0.3) is 0 Å². The van der Waals surface area contributed by atoms with Crippen molar-refractivity contribution in [2.75, 3.05) is 12.4 Å². The van der Waals surface area contributed by atoms with Gasteiger partial charge in [0.1, 0.15) is 10.5 Å². The maximum absolute atomic E-state index is 11.5. The number of esters is 1. The van der Waals surface area contributed by atoms with Gasteiger partial charge in [-0.1, -0.05) is 11.3 Å². The molecule has 1 N–H and O–H groups in total. The van der Waals surface area contributed by atoms with Crippen LogP contribution in [-0.2, 0) is 14.3 Å². The van der Waals surface area contributed by atoms with E-state index in [2.05, 4.69) is 15.0 Å². The lowest BCUT2D eigenvalue weighted by molar-refractivity contribution is -0.135. The summed E-state index contributed by atoms with van der Waals surface area (Å²) in [4.78, 5) is 37.8. The molecule has 104 valence electrons. The van der Waals surface area contributed by atoms with Gasteiger partial charge in [0.25, 0.3) is 5.78 Å². The number of anilines is 1. The number of carbonyl (C=O) groups is 3. The topological polar surface area (TPSA) is 94.6 Å². The zero-order chi connectivity index (χ0) is 14.6. The van der Waals surface area contributed by atoms with Gasteiger partial charge >= 0.3 is 12.1 Å². The molecule has 0 bridgehead atoms. The zero-order valence-electron chi connectivity index (χ0n) is 11.0. The number of hydrogen-bond donors (Lipinski definition) is 1. The predicted molar refractivity (Wildman–Crippen MR) is 68.3 cm³/mol. The molecular weight excluding hydrogens is 272 g/mol. The van der Waals surface area contributed by atoms with Crippen molar-refractivity contribution in [1.82, 2.24) is 4.98 Å². The number of carbonyl (C=O) groups excluding carboxylic acids is 3. The van der Waals surface area contributed by atoms with Crippen molar-refractivity contribution < 1.29 is 23.9 Å². The summed E-state index contributed by atoms with van der Waals surface area (Å²) in [5.74, 6) is -1.79. The molecule has 1 aromatic heterocycles. The summed E-state index contributed by atoms with van der Waals surface area (Å²) in [5.41, 5.74) is -0.633. The van der Waals surface area contributed by atoms with E-state index in [0.29, 0.717) is 0 Å². The van der Waals surface area contributed by atoms with Crippen molar-refractivity contribution in [2.24, 2.45) is 0 Å². The number of ether oxygens (including phenoxy) is 2. The number of Topliss-reactive ketones (excluding diaryl/α,β-unsaturated/α-hetero) is 1. The maximum atomic E-state index is 11.5. The van der Waals surface area contributed by atoms with Crippen LogP contribution in [0.15, 0.2) is 6.20 Å². The molecule has 0 atom stereocenters. The Morgan fingerprint density at radius 2 is 1.95 bits per heavy atom. The number of nitrogens with zero attached hydrogens (tertiary/aromatic N) is 1. The van der Waals surface area contributed by atoms with Gasteiger partial charge in [0, 0.05) is 0 Å². The van der Waals surface area contributed by atoms with Gasteiger partial charge in [-0.15, -0.1) is 0 Å². The van der Waals surface area contributed by atoms with Gasteiger partial charge in [-0.2, -0.15) is 0 Å². The molecule has 0 spiro atoms. The van der Waals surface area contributed by atoms with E-state index >= 15 is 0 Å². The SMILES string of the molecule is COC(=O)C(=O)c1cnc(NC(=O)OC(C)(C)C)s1. The van der Waals surface area contributed by atoms with Crippen LogP contribution in [0.5, 0.6) is 0 Å². The molecule has 0 unspecified atom stereocenters. The average Bonchev–Trinajstić information content (AvgIpc) is 2.72. The second-order valence-corrected chi connectivity index (χ2v) is 5.51.